The fourth-order valence-electron chi connectivity index (χ4n) is 3.16. The molecule has 3 aromatic rings. The molecule has 27 heavy (non-hydrogen) atoms. The number of phenols is 2. The third-order valence-electron chi connectivity index (χ3n) is 4.56. The number of nitrogens with zero attached hydrogens (tertiary/aromatic N) is 2. The van der Waals surface area contributed by atoms with Crippen molar-refractivity contribution in [2.45, 2.75) is 12.5 Å². The largest absolute Gasteiger partial charge is 0.504 e. The molecule has 4 nitrogen and oxygen atoms in total. The van der Waals surface area contributed by atoms with Gasteiger partial charge in [0, 0.05) is 22.0 Å². The van der Waals surface area contributed by atoms with Crippen LogP contribution in [-0.4, -0.2) is 15.9 Å². The molecule has 6 heteroatoms. The van der Waals surface area contributed by atoms with E-state index in [4.69, 9.17) is 28.3 Å². The van der Waals surface area contributed by atoms with E-state index in [9.17, 15) is 10.2 Å². The van der Waals surface area contributed by atoms with E-state index in [0.29, 0.717) is 16.5 Å². The second-order valence-corrected chi connectivity index (χ2v) is 7.22. The molecule has 0 radical (unpaired) electrons. The highest BCUT2D eigenvalue weighted by atomic mass is 35.5. The van der Waals surface area contributed by atoms with Gasteiger partial charge in [-0.15, -0.1) is 0 Å². The lowest BCUT2D eigenvalue weighted by atomic mass is 9.98. The lowest BCUT2D eigenvalue weighted by molar-refractivity contribution is 0.403. The van der Waals surface area contributed by atoms with Gasteiger partial charge in [-0.3, -0.25) is 5.01 Å². The summed E-state index contributed by atoms with van der Waals surface area (Å²) in [4.78, 5) is 0. The van der Waals surface area contributed by atoms with Crippen LogP contribution >= 0.6 is 23.2 Å². The number of hydrogen-bond acceptors (Lipinski definition) is 4. The van der Waals surface area contributed by atoms with Crippen molar-refractivity contribution >= 4 is 34.6 Å². The Labute approximate surface area is 166 Å². The number of rotatable bonds is 3. The molecule has 0 amide bonds. The summed E-state index contributed by atoms with van der Waals surface area (Å²) in [5.41, 5.74) is 3.58. The summed E-state index contributed by atoms with van der Waals surface area (Å²) < 4.78 is 0. The standard InChI is InChI=1S/C21H16Cl2N2O2/c22-15-4-1-13(2-5-15)19-12-18(14-3-10-20(26)21(27)11-14)24-25(19)17-8-6-16(23)7-9-17/h1-11,19,26-27H,12H2. The van der Waals surface area contributed by atoms with Gasteiger partial charge in [0.1, 0.15) is 0 Å². The van der Waals surface area contributed by atoms with E-state index in [-0.39, 0.29) is 17.5 Å². The lowest BCUT2D eigenvalue weighted by Crippen LogP contribution is -2.18. The maximum Gasteiger partial charge on any atom is 0.158 e. The van der Waals surface area contributed by atoms with Crippen molar-refractivity contribution in [2.24, 2.45) is 5.10 Å². The first-order valence-electron chi connectivity index (χ1n) is 8.41. The molecular formula is C21H16Cl2N2O2. The maximum absolute atomic E-state index is 9.84. The molecule has 1 aliphatic rings. The van der Waals surface area contributed by atoms with E-state index in [1.54, 1.807) is 6.07 Å². The summed E-state index contributed by atoms with van der Waals surface area (Å²) in [5.74, 6) is -0.315. The minimum atomic E-state index is -0.164. The molecule has 1 aliphatic heterocycles. The number of halogens is 2. The third kappa shape index (κ3) is 3.59. The number of aromatic hydroxyl groups is 2. The second-order valence-electron chi connectivity index (χ2n) is 6.34. The second kappa shape index (κ2) is 7.14. The highest BCUT2D eigenvalue weighted by molar-refractivity contribution is 6.30. The fourth-order valence-corrected chi connectivity index (χ4v) is 3.42. The monoisotopic (exact) mass is 398 g/mol. The van der Waals surface area contributed by atoms with Gasteiger partial charge in [0.25, 0.3) is 0 Å². The summed E-state index contributed by atoms with van der Waals surface area (Å²) in [5, 5.41) is 27.5. The van der Waals surface area contributed by atoms with E-state index in [1.807, 2.05) is 53.5 Å². The number of phenolic OH excluding ortho intramolecular Hbond substituents is 2. The van der Waals surface area contributed by atoms with E-state index in [1.165, 1.54) is 12.1 Å². The summed E-state index contributed by atoms with van der Waals surface area (Å²) in [6.45, 7) is 0. The molecule has 1 atom stereocenters. The van der Waals surface area contributed by atoms with Crippen LogP contribution < -0.4 is 5.01 Å². The molecular weight excluding hydrogens is 383 g/mol. The molecule has 0 fully saturated rings. The Morgan fingerprint density at radius 3 is 2.07 bits per heavy atom. The Balaban J connectivity index is 1.75. The highest BCUT2D eigenvalue weighted by Crippen LogP contribution is 2.38. The van der Waals surface area contributed by atoms with Crippen molar-refractivity contribution in [3.05, 3.63) is 87.9 Å². The van der Waals surface area contributed by atoms with Gasteiger partial charge in [-0.2, -0.15) is 5.10 Å². The summed E-state index contributed by atoms with van der Waals surface area (Å²) in [7, 11) is 0. The minimum absolute atomic E-state index is 0.0191. The number of benzene rings is 3. The molecule has 1 heterocycles. The Hall–Kier alpha value is -2.69. The average Bonchev–Trinajstić information content (AvgIpc) is 3.10. The van der Waals surface area contributed by atoms with Gasteiger partial charge in [0.2, 0.25) is 0 Å². The molecule has 1 unspecified atom stereocenters. The summed E-state index contributed by atoms with van der Waals surface area (Å²) >= 11 is 12.1. The van der Waals surface area contributed by atoms with Crippen LogP contribution in [0, 0.1) is 0 Å². The van der Waals surface area contributed by atoms with Crippen molar-refractivity contribution in [2.75, 3.05) is 5.01 Å². The summed E-state index contributed by atoms with van der Waals surface area (Å²) in [6, 6.07) is 19.9. The number of hydrogen-bond donors (Lipinski definition) is 2. The normalized spacial score (nSPS) is 16.4. The number of hydrazone groups is 1. The topological polar surface area (TPSA) is 56.1 Å². The molecule has 136 valence electrons. The maximum atomic E-state index is 9.84. The molecule has 0 aromatic heterocycles. The predicted molar refractivity (Wildman–Crippen MR) is 109 cm³/mol. The molecule has 0 saturated carbocycles. The Morgan fingerprint density at radius 2 is 1.44 bits per heavy atom. The van der Waals surface area contributed by atoms with Crippen LogP contribution in [0.5, 0.6) is 11.5 Å². The highest BCUT2D eigenvalue weighted by Gasteiger charge is 2.30. The van der Waals surface area contributed by atoms with Crippen molar-refractivity contribution in [3.8, 4) is 11.5 Å². The smallest absolute Gasteiger partial charge is 0.158 e. The van der Waals surface area contributed by atoms with Crippen molar-refractivity contribution in [3.63, 3.8) is 0 Å². The Morgan fingerprint density at radius 1 is 0.815 bits per heavy atom. The zero-order chi connectivity index (χ0) is 19.0. The van der Waals surface area contributed by atoms with Crippen LogP contribution in [0.2, 0.25) is 10.0 Å². The minimum Gasteiger partial charge on any atom is -0.504 e. The van der Waals surface area contributed by atoms with Gasteiger partial charge in [0.15, 0.2) is 11.5 Å². The van der Waals surface area contributed by atoms with E-state index in [2.05, 4.69) is 0 Å². The Kier molecular flexibility index (Phi) is 4.68. The van der Waals surface area contributed by atoms with Crippen molar-refractivity contribution < 1.29 is 10.2 Å². The van der Waals surface area contributed by atoms with Gasteiger partial charge in [-0.1, -0.05) is 35.3 Å². The van der Waals surface area contributed by atoms with Gasteiger partial charge in [-0.25, -0.2) is 0 Å². The van der Waals surface area contributed by atoms with Crippen LogP contribution in [-0.2, 0) is 0 Å². The zero-order valence-corrected chi connectivity index (χ0v) is 15.7. The van der Waals surface area contributed by atoms with Gasteiger partial charge < -0.3 is 10.2 Å². The van der Waals surface area contributed by atoms with E-state index >= 15 is 0 Å². The van der Waals surface area contributed by atoms with Crippen molar-refractivity contribution in [1.29, 1.82) is 0 Å². The Bertz CT molecular complexity index is 1000. The van der Waals surface area contributed by atoms with E-state index < -0.39 is 0 Å². The quantitative estimate of drug-likeness (QED) is 0.551. The lowest BCUT2D eigenvalue weighted by Gasteiger charge is -2.24. The van der Waals surface area contributed by atoms with Gasteiger partial charge in [0.05, 0.1) is 17.4 Å². The summed E-state index contributed by atoms with van der Waals surface area (Å²) in [6.07, 6.45) is 0.647. The molecule has 3 aromatic carbocycles. The fraction of sp³-hybridized carbons (Fsp3) is 0.0952. The molecule has 0 saturated heterocycles. The van der Waals surface area contributed by atoms with Crippen LogP contribution in [0.1, 0.15) is 23.6 Å². The molecule has 2 N–H and O–H groups in total. The molecule has 4 rings (SSSR count). The van der Waals surface area contributed by atoms with Crippen molar-refractivity contribution in [1.82, 2.24) is 0 Å². The van der Waals surface area contributed by atoms with Crippen LogP contribution in [0.15, 0.2) is 71.8 Å². The first-order valence-corrected chi connectivity index (χ1v) is 9.17. The predicted octanol–water partition coefficient (Wildman–Crippen LogP) is 5.76. The van der Waals surface area contributed by atoms with E-state index in [0.717, 1.165) is 22.5 Å². The zero-order valence-electron chi connectivity index (χ0n) is 14.2. The first-order chi connectivity index (χ1) is 13.0. The third-order valence-corrected chi connectivity index (χ3v) is 5.07. The molecule has 0 spiro atoms. The SMILES string of the molecule is Oc1ccc(C2=NN(c3ccc(Cl)cc3)C(c3ccc(Cl)cc3)C2)cc1O. The van der Waals surface area contributed by atoms with Crippen LogP contribution in [0.4, 0.5) is 5.69 Å². The molecule has 0 bridgehead atoms. The average molecular weight is 399 g/mol. The number of anilines is 1. The van der Waals surface area contributed by atoms with Crippen LogP contribution in [0.25, 0.3) is 0 Å². The van der Waals surface area contributed by atoms with Gasteiger partial charge >= 0.3 is 0 Å². The van der Waals surface area contributed by atoms with Gasteiger partial charge in [-0.05, 0) is 60.2 Å². The first kappa shape index (κ1) is 17.7. The molecule has 0 aliphatic carbocycles. The van der Waals surface area contributed by atoms with Crippen LogP contribution in [0.3, 0.4) is 0 Å².